The summed E-state index contributed by atoms with van der Waals surface area (Å²) in [6, 6.07) is 0.585. The average Bonchev–Trinajstić information content (AvgIpc) is 3.32. The largest absolute Gasteiger partial charge is 0.361 e. The van der Waals surface area contributed by atoms with Crippen LogP contribution in [0.2, 0.25) is 0 Å². The molecule has 4 nitrogen and oxygen atoms in total. The Morgan fingerprint density at radius 2 is 1.97 bits per heavy atom. The number of nitrogens with one attached hydrogen (secondary N) is 2. The second-order valence-corrected chi connectivity index (χ2v) is 12.8. The third-order valence-corrected chi connectivity index (χ3v) is 9.39. The zero-order valence-corrected chi connectivity index (χ0v) is 22.5. The molecule has 4 atom stereocenters. The summed E-state index contributed by atoms with van der Waals surface area (Å²) in [5.74, 6) is 3.11. The Balaban J connectivity index is 1.24. The van der Waals surface area contributed by atoms with Crippen LogP contribution in [-0.4, -0.2) is 61.8 Å². The summed E-state index contributed by atoms with van der Waals surface area (Å²) >= 11 is 6.26. The Bertz CT molecular complexity index is 694. The number of piperidine rings is 1. The van der Waals surface area contributed by atoms with Gasteiger partial charge in [0.05, 0.1) is 6.67 Å². The zero-order chi connectivity index (χ0) is 23.4. The third kappa shape index (κ3) is 6.78. The van der Waals surface area contributed by atoms with Gasteiger partial charge in [0.1, 0.15) is 0 Å². The lowest BCUT2D eigenvalue weighted by molar-refractivity contribution is 0.0116. The van der Waals surface area contributed by atoms with Gasteiger partial charge in [-0.25, -0.2) is 0 Å². The van der Waals surface area contributed by atoms with E-state index in [1.54, 1.807) is 5.70 Å². The summed E-state index contributed by atoms with van der Waals surface area (Å²) in [6.45, 7) is 18.0. The summed E-state index contributed by atoms with van der Waals surface area (Å²) in [5, 5.41) is 8.56. The number of hydrogen-bond acceptors (Lipinski definition) is 4. The molecule has 0 spiro atoms. The molecule has 4 aliphatic rings. The van der Waals surface area contributed by atoms with Crippen molar-refractivity contribution >= 4 is 11.6 Å². The Hall–Kier alpha value is -0.550. The van der Waals surface area contributed by atoms with E-state index >= 15 is 0 Å². The Morgan fingerprint density at radius 1 is 1.12 bits per heavy atom. The molecule has 2 heterocycles. The van der Waals surface area contributed by atoms with Crippen molar-refractivity contribution < 1.29 is 0 Å². The van der Waals surface area contributed by atoms with E-state index in [1.165, 1.54) is 71.2 Å². The van der Waals surface area contributed by atoms with Crippen LogP contribution >= 0.6 is 11.6 Å². The number of hydrogen-bond donors (Lipinski definition) is 2. The highest BCUT2D eigenvalue weighted by Gasteiger charge is 2.40. The van der Waals surface area contributed by atoms with Gasteiger partial charge in [-0.05, 0) is 87.1 Å². The van der Waals surface area contributed by atoms with Gasteiger partial charge in [-0.2, -0.15) is 0 Å². The fourth-order valence-electron chi connectivity index (χ4n) is 6.91. The lowest BCUT2D eigenvalue weighted by atomic mass is 9.65. The Morgan fingerprint density at radius 3 is 2.58 bits per heavy atom. The summed E-state index contributed by atoms with van der Waals surface area (Å²) in [7, 11) is 0. The van der Waals surface area contributed by atoms with Crippen LogP contribution < -0.4 is 10.6 Å². The van der Waals surface area contributed by atoms with E-state index in [4.69, 9.17) is 11.6 Å². The van der Waals surface area contributed by atoms with Crippen LogP contribution in [0.3, 0.4) is 0 Å². The average molecular weight is 477 g/mol. The number of allylic oxidation sites excluding steroid dienone is 4. The molecule has 4 rings (SSSR count). The van der Waals surface area contributed by atoms with E-state index < -0.39 is 0 Å². The molecule has 2 aliphatic carbocycles. The predicted octanol–water partition coefficient (Wildman–Crippen LogP) is 5.42. The normalized spacial score (nSPS) is 32.1. The molecule has 188 valence electrons. The molecule has 2 N–H and O–H groups in total. The van der Waals surface area contributed by atoms with Crippen LogP contribution in [0, 0.1) is 29.1 Å². The number of nitrogens with zero attached hydrogens (tertiary/aromatic N) is 2. The van der Waals surface area contributed by atoms with Crippen molar-refractivity contribution in [3.05, 3.63) is 22.9 Å². The van der Waals surface area contributed by atoms with Crippen molar-refractivity contribution in [2.45, 2.75) is 78.7 Å². The van der Waals surface area contributed by atoms with E-state index in [0.717, 1.165) is 42.4 Å². The molecule has 0 aromatic carbocycles. The lowest BCUT2D eigenvalue weighted by Crippen LogP contribution is -2.53. The van der Waals surface area contributed by atoms with Crippen molar-refractivity contribution in [2.24, 2.45) is 29.1 Å². The third-order valence-electron chi connectivity index (χ3n) is 9.05. The maximum absolute atomic E-state index is 6.26. The summed E-state index contributed by atoms with van der Waals surface area (Å²) in [5.41, 5.74) is 1.97. The van der Waals surface area contributed by atoms with Gasteiger partial charge >= 0.3 is 0 Å². The highest BCUT2D eigenvalue weighted by Crippen LogP contribution is 2.45. The van der Waals surface area contributed by atoms with E-state index in [-0.39, 0.29) is 0 Å². The number of likely N-dealkylation sites (tertiary alicyclic amines) is 1. The first-order valence-corrected chi connectivity index (χ1v) is 14.1. The lowest BCUT2D eigenvalue weighted by Gasteiger charge is -2.49. The second kappa shape index (κ2) is 11.5. The molecular formula is C28H49ClN4. The molecule has 0 aromatic rings. The molecule has 0 saturated carbocycles. The molecule has 5 heteroatoms. The maximum Gasteiger partial charge on any atom is 0.0680 e. The van der Waals surface area contributed by atoms with E-state index in [1.807, 2.05) is 0 Å². The van der Waals surface area contributed by atoms with Crippen molar-refractivity contribution in [1.29, 1.82) is 0 Å². The smallest absolute Gasteiger partial charge is 0.0680 e. The first-order chi connectivity index (χ1) is 15.8. The van der Waals surface area contributed by atoms with Crippen molar-refractivity contribution in [2.75, 3.05) is 45.9 Å². The Labute approximate surface area is 208 Å². The summed E-state index contributed by atoms with van der Waals surface area (Å²) in [4.78, 5) is 5.29. The molecule has 2 aliphatic heterocycles. The minimum Gasteiger partial charge on any atom is -0.361 e. The van der Waals surface area contributed by atoms with E-state index in [9.17, 15) is 0 Å². The topological polar surface area (TPSA) is 30.5 Å². The molecule has 2 unspecified atom stereocenters. The van der Waals surface area contributed by atoms with Crippen LogP contribution in [0.5, 0.6) is 0 Å². The van der Waals surface area contributed by atoms with Gasteiger partial charge in [0.2, 0.25) is 0 Å². The van der Waals surface area contributed by atoms with Crippen LogP contribution in [0.4, 0.5) is 0 Å². The first-order valence-electron chi connectivity index (χ1n) is 13.8. The maximum atomic E-state index is 6.26. The highest BCUT2D eigenvalue weighted by atomic mass is 35.5. The fourth-order valence-corrected chi connectivity index (χ4v) is 7.11. The van der Waals surface area contributed by atoms with Gasteiger partial charge < -0.3 is 15.1 Å². The van der Waals surface area contributed by atoms with Crippen molar-refractivity contribution in [3.8, 4) is 0 Å². The van der Waals surface area contributed by atoms with Gasteiger partial charge in [0, 0.05) is 43.0 Å². The van der Waals surface area contributed by atoms with Crippen molar-refractivity contribution in [1.82, 2.24) is 20.4 Å². The molecular weight excluding hydrogens is 428 g/mol. The zero-order valence-electron chi connectivity index (χ0n) is 21.7. The standard InChI is InChI=1S/C28H49ClN4/c1-21(2)27(31-17-22-5-11-25(12-6-22)33-16-14-30-20-33)18-32-15-13-26(28(3,4)19-32)23-7-9-24(29)10-8-23/h9,11,21-23,26-27,30-31H,5-8,10,12-20H2,1-4H3/t22?,23?,26-,27+/m1/s1. The van der Waals surface area contributed by atoms with Crippen LogP contribution in [0.15, 0.2) is 22.9 Å². The van der Waals surface area contributed by atoms with Gasteiger partial charge in [-0.3, -0.25) is 5.32 Å². The molecule has 0 bridgehead atoms. The minimum atomic E-state index is 0.386. The van der Waals surface area contributed by atoms with Gasteiger partial charge in [0.25, 0.3) is 0 Å². The molecule has 2 saturated heterocycles. The molecule has 33 heavy (non-hydrogen) atoms. The SMILES string of the molecule is CC(C)[C@H](CN1CC[C@H](C2CC=C(Cl)CC2)C(C)(C)C1)NCC1CC=C(N2CCNC2)CC1. The van der Waals surface area contributed by atoms with E-state index in [2.05, 4.69) is 60.3 Å². The molecule has 0 aromatic heterocycles. The van der Waals surface area contributed by atoms with Crippen LogP contribution in [0.1, 0.15) is 72.6 Å². The quantitative estimate of drug-likeness (QED) is 0.489. The van der Waals surface area contributed by atoms with E-state index in [0.29, 0.717) is 17.4 Å². The van der Waals surface area contributed by atoms with Gasteiger partial charge in [-0.15, -0.1) is 0 Å². The second-order valence-electron chi connectivity index (χ2n) is 12.3. The van der Waals surface area contributed by atoms with Crippen LogP contribution in [-0.2, 0) is 0 Å². The molecule has 0 amide bonds. The minimum absolute atomic E-state index is 0.386. The Kier molecular flexibility index (Phi) is 8.87. The van der Waals surface area contributed by atoms with Crippen LogP contribution in [0.25, 0.3) is 0 Å². The summed E-state index contributed by atoms with van der Waals surface area (Å²) in [6.07, 6.45) is 13.5. The summed E-state index contributed by atoms with van der Waals surface area (Å²) < 4.78 is 0. The molecule has 2 fully saturated rings. The fraction of sp³-hybridized carbons (Fsp3) is 0.857. The monoisotopic (exact) mass is 476 g/mol. The van der Waals surface area contributed by atoms with Gasteiger partial charge in [0.15, 0.2) is 0 Å². The number of halogens is 1. The highest BCUT2D eigenvalue weighted by molar-refractivity contribution is 6.29. The number of rotatable bonds is 8. The van der Waals surface area contributed by atoms with Crippen molar-refractivity contribution in [3.63, 3.8) is 0 Å². The predicted molar refractivity (Wildman–Crippen MR) is 141 cm³/mol. The van der Waals surface area contributed by atoms with Gasteiger partial charge in [-0.1, -0.05) is 51.4 Å². The first kappa shape index (κ1) is 25.5. The molecule has 0 radical (unpaired) electrons.